The van der Waals surface area contributed by atoms with Crippen LogP contribution in [0.25, 0.3) is 11.3 Å². The van der Waals surface area contributed by atoms with Crippen LogP contribution in [0.5, 0.6) is 0 Å². The summed E-state index contributed by atoms with van der Waals surface area (Å²) in [6, 6.07) is 8.55. The molecule has 3 nitrogen and oxygen atoms in total. The first-order chi connectivity index (χ1) is 9.85. The van der Waals surface area contributed by atoms with Crippen molar-refractivity contribution in [1.82, 2.24) is 9.55 Å². The monoisotopic (exact) mass is 285 g/mol. The number of benzene rings is 1. The Morgan fingerprint density at radius 1 is 1.30 bits per heavy atom. The van der Waals surface area contributed by atoms with Crippen LogP contribution in [0.4, 0.5) is 0 Å². The number of aromatic nitrogens is 2. The molecule has 20 heavy (non-hydrogen) atoms. The second-order valence-electron chi connectivity index (χ2n) is 4.75. The van der Waals surface area contributed by atoms with Gasteiger partial charge >= 0.3 is 0 Å². The van der Waals surface area contributed by atoms with Crippen LogP contribution in [0.1, 0.15) is 19.4 Å². The highest BCUT2D eigenvalue weighted by atomic mass is 32.2. The number of rotatable bonds is 2. The molecule has 0 aliphatic carbocycles. The maximum atomic E-state index is 4.72. The minimum Gasteiger partial charge on any atom is -0.317 e. The zero-order valence-electron chi connectivity index (χ0n) is 12.0. The summed E-state index contributed by atoms with van der Waals surface area (Å²) in [5.74, 6) is 1.09. The molecule has 0 spiro atoms. The van der Waals surface area contributed by atoms with E-state index in [4.69, 9.17) is 9.98 Å². The number of thioether (sulfide) groups is 1. The van der Waals surface area contributed by atoms with E-state index in [0.717, 1.165) is 36.4 Å². The molecule has 3 rings (SSSR count). The van der Waals surface area contributed by atoms with Crippen molar-refractivity contribution in [2.45, 2.75) is 31.7 Å². The Labute approximate surface area is 123 Å². The van der Waals surface area contributed by atoms with Crippen LogP contribution in [0.2, 0.25) is 0 Å². The van der Waals surface area contributed by atoms with Crippen molar-refractivity contribution in [3.05, 3.63) is 41.6 Å². The average Bonchev–Trinajstić information content (AvgIpc) is 2.67. The third kappa shape index (κ3) is 2.29. The fourth-order valence-electron chi connectivity index (χ4n) is 2.62. The Morgan fingerprint density at radius 2 is 2.15 bits per heavy atom. The number of fused-ring (bicyclic) bond motifs is 3. The predicted octanol–water partition coefficient (Wildman–Crippen LogP) is 3.14. The van der Waals surface area contributed by atoms with Gasteiger partial charge < -0.3 is 4.57 Å². The lowest BCUT2D eigenvalue weighted by atomic mass is 10.1. The van der Waals surface area contributed by atoms with Gasteiger partial charge in [-0.05, 0) is 26.3 Å². The fraction of sp³-hybridized carbons (Fsp3) is 0.375. The fourth-order valence-corrected chi connectivity index (χ4v) is 3.64. The Bertz CT molecular complexity index is 688. The van der Waals surface area contributed by atoms with Crippen LogP contribution >= 0.6 is 11.8 Å². The van der Waals surface area contributed by atoms with Crippen molar-refractivity contribution in [2.75, 3.05) is 12.3 Å². The summed E-state index contributed by atoms with van der Waals surface area (Å²) in [5, 5.41) is 0. The van der Waals surface area contributed by atoms with Crippen LogP contribution < -0.4 is 5.49 Å². The first kappa shape index (κ1) is 13.4. The van der Waals surface area contributed by atoms with E-state index in [0.29, 0.717) is 0 Å². The molecule has 1 aromatic heterocycles. The first-order valence-electron chi connectivity index (χ1n) is 7.16. The topological polar surface area (TPSA) is 30.2 Å². The third-order valence-corrected chi connectivity index (χ3v) is 4.63. The molecule has 0 saturated heterocycles. The molecule has 2 heterocycles. The van der Waals surface area contributed by atoms with Crippen LogP contribution in [0, 0.1) is 0 Å². The zero-order chi connectivity index (χ0) is 13.9. The van der Waals surface area contributed by atoms with E-state index in [9.17, 15) is 0 Å². The minimum absolute atomic E-state index is 0.811. The molecular weight excluding hydrogens is 266 g/mol. The van der Waals surface area contributed by atoms with Crippen molar-refractivity contribution < 1.29 is 0 Å². The largest absolute Gasteiger partial charge is 0.317 e. The molecule has 0 unspecified atom stereocenters. The zero-order valence-corrected chi connectivity index (χ0v) is 12.8. The lowest BCUT2D eigenvalue weighted by Crippen LogP contribution is -2.26. The summed E-state index contributed by atoms with van der Waals surface area (Å²) in [6.45, 7) is 5.95. The number of aryl methyl sites for hydroxylation is 1. The highest BCUT2D eigenvalue weighted by molar-refractivity contribution is 7.99. The van der Waals surface area contributed by atoms with Crippen molar-refractivity contribution in [3.63, 3.8) is 0 Å². The van der Waals surface area contributed by atoms with Crippen LogP contribution in [0.3, 0.4) is 0 Å². The normalized spacial score (nSPS) is 14.6. The standard InChI is InChI=1S/C16H19N3S/c1-3-17-16-13-9-10-20-14-8-6-5-7-12(14)15(13)18-11-19(16)4-2/h5-8,11H,3-4,9-10H2,1-2H3. The molecule has 0 fully saturated rings. The van der Waals surface area contributed by atoms with Crippen LogP contribution in [-0.2, 0) is 13.0 Å². The van der Waals surface area contributed by atoms with E-state index in [-0.39, 0.29) is 0 Å². The Kier molecular flexibility index (Phi) is 3.92. The lowest BCUT2D eigenvalue weighted by molar-refractivity contribution is 0.673. The smallest absolute Gasteiger partial charge is 0.134 e. The summed E-state index contributed by atoms with van der Waals surface area (Å²) in [4.78, 5) is 10.8. The lowest BCUT2D eigenvalue weighted by Gasteiger charge is -2.12. The van der Waals surface area contributed by atoms with Crippen LogP contribution in [0.15, 0.2) is 40.5 Å². The van der Waals surface area contributed by atoms with Gasteiger partial charge in [0.05, 0.1) is 12.0 Å². The van der Waals surface area contributed by atoms with Crippen molar-refractivity contribution in [3.8, 4) is 11.3 Å². The summed E-state index contributed by atoms with van der Waals surface area (Å²) < 4.78 is 2.15. The van der Waals surface area contributed by atoms with Crippen molar-refractivity contribution >= 4 is 11.8 Å². The maximum Gasteiger partial charge on any atom is 0.134 e. The average molecular weight is 285 g/mol. The first-order valence-corrected chi connectivity index (χ1v) is 8.14. The molecule has 0 N–H and O–H groups in total. The second kappa shape index (κ2) is 5.83. The Balaban J connectivity index is 2.31. The highest BCUT2D eigenvalue weighted by Gasteiger charge is 2.18. The molecule has 1 aliphatic heterocycles. The van der Waals surface area contributed by atoms with Crippen molar-refractivity contribution in [1.29, 1.82) is 0 Å². The van der Waals surface area contributed by atoms with E-state index in [1.807, 2.05) is 18.1 Å². The Morgan fingerprint density at radius 3 is 2.95 bits per heavy atom. The van der Waals surface area contributed by atoms with Gasteiger partial charge in [0.25, 0.3) is 0 Å². The highest BCUT2D eigenvalue weighted by Crippen LogP contribution is 2.34. The van der Waals surface area contributed by atoms with Gasteiger partial charge in [-0.3, -0.25) is 4.99 Å². The van der Waals surface area contributed by atoms with Gasteiger partial charge in [0.15, 0.2) is 0 Å². The van der Waals surface area contributed by atoms with E-state index >= 15 is 0 Å². The van der Waals surface area contributed by atoms with E-state index in [2.05, 4.69) is 42.7 Å². The molecule has 104 valence electrons. The summed E-state index contributed by atoms with van der Waals surface area (Å²) >= 11 is 1.92. The molecule has 1 aromatic carbocycles. The number of nitrogens with zero attached hydrogens (tertiary/aromatic N) is 3. The molecule has 2 aromatic rings. The van der Waals surface area contributed by atoms with Crippen molar-refractivity contribution in [2.24, 2.45) is 4.99 Å². The third-order valence-electron chi connectivity index (χ3n) is 3.55. The molecule has 0 bridgehead atoms. The summed E-state index contributed by atoms with van der Waals surface area (Å²) in [5.41, 5.74) is 4.77. The predicted molar refractivity (Wildman–Crippen MR) is 83.9 cm³/mol. The van der Waals surface area contributed by atoms with Gasteiger partial charge in [0.1, 0.15) is 5.49 Å². The van der Waals surface area contributed by atoms with Gasteiger partial charge in [0.2, 0.25) is 0 Å². The summed E-state index contributed by atoms with van der Waals surface area (Å²) in [6.07, 6.45) is 2.96. The van der Waals surface area contributed by atoms with E-state index in [1.165, 1.54) is 16.0 Å². The molecule has 4 heteroatoms. The van der Waals surface area contributed by atoms with Gasteiger partial charge in [-0.2, -0.15) is 0 Å². The molecule has 1 aliphatic rings. The Hall–Kier alpha value is -1.55. The maximum absolute atomic E-state index is 4.72. The molecule has 0 amide bonds. The molecular formula is C16H19N3S. The van der Waals surface area contributed by atoms with Gasteiger partial charge in [-0.25, -0.2) is 4.98 Å². The second-order valence-corrected chi connectivity index (χ2v) is 5.89. The van der Waals surface area contributed by atoms with Crippen LogP contribution in [-0.4, -0.2) is 21.8 Å². The number of hydrogen-bond donors (Lipinski definition) is 0. The quantitative estimate of drug-likeness (QED) is 0.848. The van der Waals surface area contributed by atoms with E-state index in [1.54, 1.807) is 0 Å². The SMILES string of the molecule is CCN=c1c2c(ncn1CC)-c1ccccc1SCC2. The summed E-state index contributed by atoms with van der Waals surface area (Å²) in [7, 11) is 0. The van der Waals surface area contributed by atoms with Gasteiger partial charge in [0, 0.05) is 34.9 Å². The molecule has 0 saturated carbocycles. The van der Waals surface area contributed by atoms with Gasteiger partial charge in [-0.15, -0.1) is 11.8 Å². The number of hydrogen-bond acceptors (Lipinski definition) is 3. The molecule has 0 radical (unpaired) electrons. The van der Waals surface area contributed by atoms with E-state index < -0.39 is 0 Å². The minimum atomic E-state index is 0.811. The van der Waals surface area contributed by atoms with Gasteiger partial charge in [-0.1, -0.05) is 18.2 Å². The molecule has 0 atom stereocenters.